The fourth-order valence-corrected chi connectivity index (χ4v) is 4.55. The quantitative estimate of drug-likeness (QED) is 0.815. The van der Waals surface area contributed by atoms with E-state index in [0.717, 1.165) is 23.7 Å². The van der Waals surface area contributed by atoms with Crippen LogP contribution in [0.15, 0.2) is 0 Å². The molecule has 4 fully saturated rings. The molecule has 17 heavy (non-hydrogen) atoms. The molecule has 0 radical (unpaired) electrons. The summed E-state index contributed by atoms with van der Waals surface area (Å²) in [5, 5.41) is 3.25. The lowest BCUT2D eigenvalue weighted by atomic mass is 9.54. The average Bonchev–Trinajstić information content (AvgIpc) is 2.31. The Balaban J connectivity index is 1.66. The van der Waals surface area contributed by atoms with Crippen LogP contribution in [0.2, 0.25) is 0 Å². The summed E-state index contributed by atoms with van der Waals surface area (Å²) in [7, 11) is 1.60. The zero-order valence-electron chi connectivity index (χ0n) is 10.8. The molecule has 1 unspecified atom stereocenters. The van der Waals surface area contributed by atoms with Gasteiger partial charge in [-0.05, 0) is 62.7 Å². The van der Waals surface area contributed by atoms with Crippen molar-refractivity contribution in [2.45, 2.75) is 51.2 Å². The Labute approximate surface area is 103 Å². The summed E-state index contributed by atoms with van der Waals surface area (Å²) in [5.41, 5.74) is 0. The molecule has 0 heterocycles. The van der Waals surface area contributed by atoms with Crippen molar-refractivity contribution in [2.75, 3.05) is 7.11 Å². The first-order chi connectivity index (χ1) is 8.17. The van der Waals surface area contributed by atoms with Gasteiger partial charge in [0.25, 0.3) is 0 Å². The topological polar surface area (TPSA) is 38.3 Å². The second kappa shape index (κ2) is 4.27. The van der Waals surface area contributed by atoms with Crippen molar-refractivity contribution < 1.29 is 9.53 Å². The Morgan fingerprint density at radius 2 is 1.65 bits per heavy atom. The van der Waals surface area contributed by atoms with E-state index in [4.69, 9.17) is 4.74 Å². The van der Waals surface area contributed by atoms with Gasteiger partial charge in [0, 0.05) is 13.2 Å². The molecular formula is C14H23NO2. The van der Waals surface area contributed by atoms with Gasteiger partial charge >= 0.3 is 0 Å². The van der Waals surface area contributed by atoms with E-state index in [1.54, 1.807) is 7.11 Å². The van der Waals surface area contributed by atoms with E-state index in [1.165, 1.54) is 32.1 Å². The summed E-state index contributed by atoms with van der Waals surface area (Å²) in [6.45, 7) is 1.82. The largest absolute Gasteiger partial charge is 0.372 e. The molecular weight excluding hydrogens is 214 g/mol. The van der Waals surface area contributed by atoms with Crippen molar-refractivity contribution in [2.24, 2.45) is 23.7 Å². The van der Waals surface area contributed by atoms with Gasteiger partial charge in [-0.3, -0.25) is 4.79 Å². The molecule has 3 heteroatoms. The Morgan fingerprint density at radius 3 is 2.12 bits per heavy atom. The minimum Gasteiger partial charge on any atom is -0.372 e. The predicted molar refractivity (Wildman–Crippen MR) is 65.4 cm³/mol. The maximum Gasteiger partial charge on any atom is 0.249 e. The number of rotatable bonds is 3. The number of carbonyl (C=O) groups excluding carboxylic acids is 1. The number of hydrogen-bond donors (Lipinski definition) is 1. The Kier molecular flexibility index (Phi) is 2.89. The van der Waals surface area contributed by atoms with Gasteiger partial charge in [0.15, 0.2) is 0 Å². The van der Waals surface area contributed by atoms with Crippen molar-refractivity contribution in [1.29, 1.82) is 0 Å². The molecule has 3 nitrogen and oxygen atoms in total. The van der Waals surface area contributed by atoms with Crippen LogP contribution in [-0.2, 0) is 9.53 Å². The molecule has 4 aliphatic rings. The molecule has 4 bridgehead atoms. The lowest BCUT2D eigenvalue weighted by Crippen LogP contribution is -2.57. The van der Waals surface area contributed by atoms with Crippen molar-refractivity contribution in [3.05, 3.63) is 0 Å². The zero-order valence-corrected chi connectivity index (χ0v) is 10.8. The van der Waals surface area contributed by atoms with Crippen LogP contribution in [0.25, 0.3) is 0 Å². The first kappa shape index (κ1) is 11.5. The highest BCUT2D eigenvalue weighted by atomic mass is 16.5. The molecule has 0 saturated heterocycles. The normalized spacial score (nSPS) is 44.7. The fourth-order valence-electron chi connectivity index (χ4n) is 4.55. The summed E-state index contributed by atoms with van der Waals surface area (Å²) in [6, 6.07) is 0.438. The van der Waals surface area contributed by atoms with Crippen LogP contribution in [0.3, 0.4) is 0 Å². The number of nitrogens with one attached hydrogen (secondary N) is 1. The van der Waals surface area contributed by atoms with Gasteiger partial charge in [0.2, 0.25) is 5.91 Å². The third-order valence-corrected chi connectivity index (χ3v) is 5.26. The Morgan fingerprint density at radius 1 is 1.12 bits per heavy atom. The maximum absolute atomic E-state index is 11.9. The zero-order chi connectivity index (χ0) is 12.0. The first-order valence-electron chi connectivity index (χ1n) is 7.00. The number of ether oxygens (including phenoxy) is 1. The van der Waals surface area contributed by atoms with Gasteiger partial charge in [-0.1, -0.05) is 0 Å². The summed E-state index contributed by atoms with van der Waals surface area (Å²) >= 11 is 0. The molecule has 96 valence electrons. The van der Waals surface area contributed by atoms with Crippen LogP contribution in [0.5, 0.6) is 0 Å². The van der Waals surface area contributed by atoms with Crippen LogP contribution in [0.1, 0.15) is 39.0 Å². The van der Waals surface area contributed by atoms with E-state index < -0.39 is 0 Å². The molecule has 1 amide bonds. The fraction of sp³-hybridized carbons (Fsp3) is 0.929. The highest BCUT2D eigenvalue weighted by Crippen LogP contribution is 2.53. The van der Waals surface area contributed by atoms with Crippen LogP contribution >= 0.6 is 0 Å². The van der Waals surface area contributed by atoms with E-state index in [2.05, 4.69) is 5.32 Å². The van der Waals surface area contributed by atoms with Crippen LogP contribution in [-0.4, -0.2) is 25.2 Å². The Bertz CT molecular complexity index is 287. The second-order valence-electron chi connectivity index (χ2n) is 6.34. The van der Waals surface area contributed by atoms with Crippen LogP contribution in [0.4, 0.5) is 0 Å². The van der Waals surface area contributed by atoms with E-state index in [-0.39, 0.29) is 12.0 Å². The smallest absolute Gasteiger partial charge is 0.249 e. The lowest BCUT2D eigenvalue weighted by molar-refractivity contribution is -0.134. The highest BCUT2D eigenvalue weighted by Gasteiger charge is 2.48. The lowest BCUT2D eigenvalue weighted by Gasteiger charge is -2.54. The van der Waals surface area contributed by atoms with Crippen molar-refractivity contribution >= 4 is 5.91 Å². The minimum atomic E-state index is -0.313. The minimum absolute atomic E-state index is 0.0740. The third kappa shape index (κ3) is 1.99. The SMILES string of the molecule is COC(C)C(=O)NC1C2CC3CC(C2)CC1C3. The van der Waals surface area contributed by atoms with E-state index in [9.17, 15) is 4.79 Å². The predicted octanol–water partition coefficient (Wildman–Crippen LogP) is 1.96. The summed E-state index contributed by atoms with van der Waals surface area (Å²) in [5.74, 6) is 3.50. The third-order valence-electron chi connectivity index (χ3n) is 5.26. The van der Waals surface area contributed by atoms with Crippen LogP contribution < -0.4 is 5.32 Å². The summed E-state index contributed by atoms with van der Waals surface area (Å²) < 4.78 is 5.09. The van der Waals surface area contributed by atoms with Gasteiger partial charge in [0.05, 0.1) is 0 Å². The average molecular weight is 237 g/mol. The van der Waals surface area contributed by atoms with Crippen molar-refractivity contribution in [3.63, 3.8) is 0 Å². The Hall–Kier alpha value is -0.570. The van der Waals surface area contributed by atoms with Crippen molar-refractivity contribution in [3.8, 4) is 0 Å². The van der Waals surface area contributed by atoms with E-state index in [0.29, 0.717) is 6.04 Å². The molecule has 4 aliphatic carbocycles. The second-order valence-corrected chi connectivity index (χ2v) is 6.34. The van der Waals surface area contributed by atoms with Gasteiger partial charge < -0.3 is 10.1 Å². The highest BCUT2D eigenvalue weighted by molar-refractivity contribution is 5.80. The van der Waals surface area contributed by atoms with Gasteiger partial charge in [-0.2, -0.15) is 0 Å². The van der Waals surface area contributed by atoms with Crippen LogP contribution in [0, 0.1) is 23.7 Å². The molecule has 4 rings (SSSR count). The van der Waals surface area contributed by atoms with E-state index in [1.807, 2.05) is 6.92 Å². The standard InChI is InChI=1S/C14H23NO2/c1-8(17-2)14(16)15-13-11-4-9-3-10(6-11)7-12(13)5-9/h8-13H,3-7H2,1-2H3,(H,15,16). The number of hydrogen-bond acceptors (Lipinski definition) is 2. The first-order valence-corrected chi connectivity index (χ1v) is 7.00. The number of carbonyl (C=O) groups is 1. The van der Waals surface area contributed by atoms with Gasteiger partial charge in [-0.25, -0.2) is 0 Å². The van der Waals surface area contributed by atoms with Gasteiger partial charge in [-0.15, -0.1) is 0 Å². The monoisotopic (exact) mass is 237 g/mol. The molecule has 0 aromatic heterocycles. The molecule has 4 saturated carbocycles. The molecule has 0 aromatic carbocycles. The summed E-state index contributed by atoms with van der Waals surface area (Å²) in [6.07, 6.45) is 6.53. The number of methoxy groups -OCH3 is 1. The molecule has 1 atom stereocenters. The summed E-state index contributed by atoms with van der Waals surface area (Å²) in [4.78, 5) is 11.9. The maximum atomic E-state index is 11.9. The molecule has 1 N–H and O–H groups in total. The molecule has 0 aromatic rings. The molecule has 0 spiro atoms. The van der Waals surface area contributed by atoms with E-state index >= 15 is 0 Å². The molecule has 0 aliphatic heterocycles. The van der Waals surface area contributed by atoms with Gasteiger partial charge in [0.1, 0.15) is 6.10 Å². The van der Waals surface area contributed by atoms with Crippen molar-refractivity contribution in [1.82, 2.24) is 5.32 Å². The number of amides is 1.